The Morgan fingerprint density at radius 3 is 1.25 bits per heavy atom. The van der Waals surface area contributed by atoms with Crippen LogP contribution in [0, 0.1) is 0 Å². The van der Waals surface area contributed by atoms with E-state index in [1.54, 1.807) is 24.3 Å². The number of hydrogen-bond acceptors (Lipinski definition) is 4. The van der Waals surface area contributed by atoms with Crippen molar-refractivity contribution in [2.45, 2.75) is 0 Å². The van der Waals surface area contributed by atoms with E-state index >= 15 is 0 Å². The monoisotopic (exact) mass is 268 g/mol. The first-order valence-electron chi connectivity index (χ1n) is 4.90. The molecule has 6 nitrogen and oxygen atoms in total. The first-order chi connectivity index (χ1) is 8.61. The summed E-state index contributed by atoms with van der Waals surface area (Å²) in [6, 6.07) is 9.51. The van der Waals surface area contributed by atoms with E-state index in [-0.39, 0.29) is 28.2 Å². The number of pyridine rings is 2. The Hall–Kier alpha value is -2.63. The Bertz CT molecular complexity index is 474. The summed E-state index contributed by atoms with van der Waals surface area (Å²) < 4.78 is 0. The van der Waals surface area contributed by atoms with Gasteiger partial charge >= 0.3 is 28.8 Å². The number of carbonyl (C=O) groups is 2. The molecule has 0 aliphatic heterocycles. The van der Waals surface area contributed by atoms with Gasteiger partial charge in [0.1, 0.15) is 11.4 Å². The van der Waals surface area contributed by atoms with Gasteiger partial charge in [0.2, 0.25) is 0 Å². The number of nitrogens with zero attached hydrogens (tertiary/aromatic N) is 2. The van der Waals surface area contributed by atoms with Crippen LogP contribution in [-0.4, -0.2) is 48.9 Å². The van der Waals surface area contributed by atoms with Crippen molar-refractivity contribution in [3.05, 3.63) is 60.2 Å². The standard InChI is InChI=1S/2C6H5NO2.2B/c2*8-6(9)5-3-1-2-4-7-5;;/h2*1-4H,(H,8,9);;/q;;2*+3. The van der Waals surface area contributed by atoms with Crippen LogP contribution >= 0.6 is 0 Å². The van der Waals surface area contributed by atoms with Crippen molar-refractivity contribution in [1.82, 2.24) is 9.97 Å². The largest absolute Gasteiger partial charge is 3.00 e. The second kappa shape index (κ2) is 10.3. The molecule has 0 atom stereocenters. The first-order valence-corrected chi connectivity index (χ1v) is 4.90. The normalized spacial score (nSPS) is 8.00. The topological polar surface area (TPSA) is 100 Å². The van der Waals surface area contributed by atoms with Crippen molar-refractivity contribution in [2.24, 2.45) is 0 Å². The molecule has 0 aromatic carbocycles. The number of aromatic nitrogens is 2. The van der Waals surface area contributed by atoms with Crippen LogP contribution in [0.2, 0.25) is 0 Å². The maximum absolute atomic E-state index is 10.1. The van der Waals surface area contributed by atoms with Crippen LogP contribution in [0.5, 0.6) is 0 Å². The number of carboxylic acid groups (broad SMARTS) is 2. The molecule has 20 heavy (non-hydrogen) atoms. The Kier molecular flexibility index (Phi) is 10.2. The summed E-state index contributed by atoms with van der Waals surface area (Å²) in [6.07, 6.45) is 2.90. The van der Waals surface area contributed by atoms with Crippen molar-refractivity contribution >= 4 is 28.8 Å². The molecular formula is C12H10B2N2O4+6. The van der Waals surface area contributed by atoms with E-state index in [1.807, 2.05) is 0 Å². The summed E-state index contributed by atoms with van der Waals surface area (Å²) in [5, 5.41) is 16.6. The number of aromatic carboxylic acids is 2. The van der Waals surface area contributed by atoms with Crippen LogP contribution in [0.3, 0.4) is 0 Å². The van der Waals surface area contributed by atoms with Gasteiger partial charge in [-0.05, 0) is 24.3 Å². The van der Waals surface area contributed by atoms with E-state index in [0.29, 0.717) is 0 Å². The van der Waals surface area contributed by atoms with Gasteiger partial charge in [-0.3, -0.25) is 0 Å². The van der Waals surface area contributed by atoms with Gasteiger partial charge in [-0.25, -0.2) is 19.6 Å². The minimum absolute atomic E-state index is 0. The van der Waals surface area contributed by atoms with E-state index in [0.717, 1.165) is 0 Å². The summed E-state index contributed by atoms with van der Waals surface area (Å²) >= 11 is 0. The molecular weight excluding hydrogens is 258 g/mol. The summed E-state index contributed by atoms with van der Waals surface area (Å²) in [7, 11) is 0. The minimum atomic E-state index is -0.990. The molecule has 92 valence electrons. The van der Waals surface area contributed by atoms with Crippen LogP contribution < -0.4 is 0 Å². The molecule has 0 radical (unpaired) electrons. The summed E-state index contributed by atoms with van der Waals surface area (Å²) in [6.45, 7) is 0. The third kappa shape index (κ3) is 6.95. The summed E-state index contributed by atoms with van der Waals surface area (Å²) in [5.41, 5.74) is 0.162. The number of hydrogen-bond donors (Lipinski definition) is 2. The van der Waals surface area contributed by atoms with E-state index in [9.17, 15) is 9.59 Å². The molecule has 2 aromatic rings. The molecule has 0 aliphatic rings. The van der Waals surface area contributed by atoms with E-state index in [1.165, 1.54) is 24.5 Å². The molecule has 0 amide bonds. The number of rotatable bonds is 2. The van der Waals surface area contributed by atoms with Crippen molar-refractivity contribution in [1.29, 1.82) is 0 Å². The second-order valence-corrected chi connectivity index (χ2v) is 3.04. The molecule has 0 bridgehead atoms. The van der Waals surface area contributed by atoms with Gasteiger partial charge in [0.15, 0.2) is 0 Å². The zero-order valence-electron chi connectivity index (χ0n) is 10.4. The zero-order chi connectivity index (χ0) is 13.4. The molecule has 0 spiro atoms. The molecule has 0 saturated heterocycles. The molecule has 0 aliphatic carbocycles. The van der Waals surface area contributed by atoms with Gasteiger partial charge in [0.05, 0.1) is 0 Å². The Morgan fingerprint density at radius 1 is 0.750 bits per heavy atom. The van der Waals surface area contributed by atoms with Crippen molar-refractivity contribution in [2.75, 3.05) is 0 Å². The summed E-state index contributed by atoms with van der Waals surface area (Å²) in [4.78, 5) is 27.4. The van der Waals surface area contributed by atoms with Crippen LogP contribution in [0.1, 0.15) is 21.0 Å². The molecule has 0 fully saturated rings. The van der Waals surface area contributed by atoms with Crippen LogP contribution in [0.15, 0.2) is 48.8 Å². The molecule has 2 aromatic heterocycles. The van der Waals surface area contributed by atoms with Crippen molar-refractivity contribution < 1.29 is 19.8 Å². The van der Waals surface area contributed by atoms with E-state index in [2.05, 4.69) is 9.97 Å². The smallest absolute Gasteiger partial charge is 0.477 e. The third-order valence-electron chi connectivity index (χ3n) is 1.77. The fraction of sp³-hybridized carbons (Fsp3) is 0. The third-order valence-corrected chi connectivity index (χ3v) is 1.77. The van der Waals surface area contributed by atoms with Gasteiger partial charge < -0.3 is 10.2 Å². The molecule has 0 saturated carbocycles. The zero-order valence-corrected chi connectivity index (χ0v) is 10.4. The van der Waals surface area contributed by atoms with Crippen LogP contribution in [0.25, 0.3) is 0 Å². The fourth-order valence-electron chi connectivity index (χ4n) is 0.979. The average Bonchev–Trinajstić information content (AvgIpc) is 2.41. The predicted octanol–water partition coefficient (Wildman–Crippen LogP) is 0.798. The van der Waals surface area contributed by atoms with Gasteiger partial charge in [-0.2, -0.15) is 0 Å². The van der Waals surface area contributed by atoms with Crippen LogP contribution in [-0.2, 0) is 0 Å². The summed E-state index contributed by atoms with van der Waals surface area (Å²) in [5.74, 6) is -1.98. The minimum Gasteiger partial charge on any atom is -0.477 e. The molecule has 0 unspecified atom stereocenters. The Balaban J connectivity index is 0. The quantitative estimate of drug-likeness (QED) is 0.781. The van der Waals surface area contributed by atoms with Crippen molar-refractivity contribution in [3.63, 3.8) is 0 Å². The molecule has 8 heteroatoms. The average molecular weight is 268 g/mol. The van der Waals surface area contributed by atoms with Crippen LogP contribution in [0.4, 0.5) is 0 Å². The Morgan fingerprint density at radius 2 is 1.10 bits per heavy atom. The Labute approximate surface area is 119 Å². The van der Waals surface area contributed by atoms with E-state index < -0.39 is 11.9 Å². The number of carboxylic acids is 2. The first kappa shape index (κ1) is 19.7. The SMILES string of the molecule is O=C(O)c1ccccn1.O=C(O)c1ccccn1.[B+3].[B+3]. The predicted molar refractivity (Wildman–Crippen MR) is 73.9 cm³/mol. The van der Waals surface area contributed by atoms with Gasteiger partial charge in [-0.1, -0.05) is 12.1 Å². The van der Waals surface area contributed by atoms with Gasteiger partial charge in [-0.15, -0.1) is 0 Å². The maximum atomic E-state index is 10.1. The molecule has 2 rings (SSSR count). The molecule has 2 N–H and O–H groups in total. The molecule has 2 heterocycles. The maximum Gasteiger partial charge on any atom is 3.00 e. The van der Waals surface area contributed by atoms with E-state index in [4.69, 9.17) is 10.2 Å². The van der Waals surface area contributed by atoms with Gasteiger partial charge in [0, 0.05) is 12.4 Å². The second-order valence-electron chi connectivity index (χ2n) is 3.04. The fourth-order valence-corrected chi connectivity index (χ4v) is 0.979. The van der Waals surface area contributed by atoms with Gasteiger partial charge in [0.25, 0.3) is 0 Å². The van der Waals surface area contributed by atoms with Crippen molar-refractivity contribution in [3.8, 4) is 0 Å².